The molecule has 0 aromatic heterocycles. The van der Waals surface area contributed by atoms with E-state index in [1.807, 2.05) is 13.8 Å². The van der Waals surface area contributed by atoms with Crippen LogP contribution in [0.4, 0.5) is 4.39 Å². The van der Waals surface area contributed by atoms with Gasteiger partial charge in [-0.3, -0.25) is 0 Å². The number of hydrogen-bond donors (Lipinski definition) is 1. The number of halogens is 1. The summed E-state index contributed by atoms with van der Waals surface area (Å²) in [5.41, 5.74) is 10.4. The van der Waals surface area contributed by atoms with Gasteiger partial charge in [-0.2, -0.15) is 0 Å². The van der Waals surface area contributed by atoms with E-state index in [4.69, 9.17) is 10.5 Å². The molecular formula is C17H20FNO. The van der Waals surface area contributed by atoms with Gasteiger partial charge in [-0.25, -0.2) is 4.39 Å². The summed E-state index contributed by atoms with van der Waals surface area (Å²) in [5, 5.41) is 0. The van der Waals surface area contributed by atoms with Gasteiger partial charge in [0.05, 0.1) is 0 Å². The Hall–Kier alpha value is -1.87. The maximum Gasteiger partial charge on any atom is 0.127 e. The van der Waals surface area contributed by atoms with Gasteiger partial charge in [-0.15, -0.1) is 0 Å². The number of benzene rings is 2. The van der Waals surface area contributed by atoms with Crippen molar-refractivity contribution in [3.8, 4) is 5.75 Å². The van der Waals surface area contributed by atoms with Gasteiger partial charge in [-0.05, 0) is 49.6 Å². The molecule has 2 N–H and O–H groups in total. The molecule has 0 aliphatic rings. The summed E-state index contributed by atoms with van der Waals surface area (Å²) >= 11 is 0. The Labute approximate surface area is 119 Å². The zero-order chi connectivity index (χ0) is 14.7. The highest BCUT2D eigenvalue weighted by atomic mass is 19.1. The van der Waals surface area contributed by atoms with Crippen LogP contribution in [-0.2, 0) is 13.2 Å². The first-order chi connectivity index (χ1) is 9.51. The van der Waals surface area contributed by atoms with Crippen LogP contribution in [-0.4, -0.2) is 0 Å². The second-order valence-electron chi connectivity index (χ2n) is 5.15. The van der Waals surface area contributed by atoms with E-state index < -0.39 is 0 Å². The summed E-state index contributed by atoms with van der Waals surface area (Å²) in [6, 6.07) is 9.12. The monoisotopic (exact) mass is 273 g/mol. The molecule has 2 nitrogen and oxygen atoms in total. The summed E-state index contributed by atoms with van der Waals surface area (Å²) in [6.45, 7) is 6.74. The van der Waals surface area contributed by atoms with E-state index in [0.717, 1.165) is 22.4 Å². The van der Waals surface area contributed by atoms with Gasteiger partial charge in [0.15, 0.2) is 0 Å². The normalized spacial score (nSPS) is 10.7. The molecule has 0 saturated carbocycles. The van der Waals surface area contributed by atoms with Crippen molar-refractivity contribution >= 4 is 0 Å². The standard InChI is InChI=1S/C17H20FNO/c1-11-6-12(2)17(13(3)7-11)20-10-14-4-5-16(18)15(8-14)9-19/h4-8H,9-10,19H2,1-3H3. The van der Waals surface area contributed by atoms with E-state index in [9.17, 15) is 4.39 Å². The highest BCUT2D eigenvalue weighted by molar-refractivity contribution is 5.43. The number of nitrogens with two attached hydrogens (primary N) is 1. The fraction of sp³-hybridized carbons (Fsp3) is 0.294. The number of aryl methyl sites for hydroxylation is 3. The van der Waals surface area contributed by atoms with E-state index in [0.29, 0.717) is 12.2 Å². The topological polar surface area (TPSA) is 35.2 Å². The minimum atomic E-state index is -0.265. The largest absolute Gasteiger partial charge is 0.488 e. The molecule has 0 radical (unpaired) electrons. The Bertz CT molecular complexity index is 599. The van der Waals surface area contributed by atoms with E-state index in [1.165, 1.54) is 11.6 Å². The van der Waals surface area contributed by atoms with Crippen molar-refractivity contribution in [2.24, 2.45) is 5.73 Å². The lowest BCUT2D eigenvalue weighted by molar-refractivity contribution is 0.301. The van der Waals surface area contributed by atoms with Gasteiger partial charge in [0, 0.05) is 12.1 Å². The molecule has 3 heteroatoms. The van der Waals surface area contributed by atoms with Crippen LogP contribution in [0, 0.1) is 26.6 Å². The molecular weight excluding hydrogens is 253 g/mol. The molecule has 0 heterocycles. The van der Waals surface area contributed by atoms with Crippen molar-refractivity contribution in [1.82, 2.24) is 0 Å². The SMILES string of the molecule is Cc1cc(C)c(OCc2ccc(F)c(CN)c2)c(C)c1. The van der Waals surface area contributed by atoms with Gasteiger partial charge in [0.2, 0.25) is 0 Å². The van der Waals surface area contributed by atoms with Crippen LogP contribution in [0.1, 0.15) is 27.8 Å². The molecule has 0 spiro atoms. The lowest BCUT2D eigenvalue weighted by Crippen LogP contribution is -2.04. The minimum absolute atomic E-state index is 0.197. The van der Waals surface area contributed by atoms with E-state index in [-0.39, 0.29) is 12.4 Å². The Morgan fingerprint density at radius 2 is 1.70 bits per heavy atom. The summed E-state index contributed by atoms with van der Waals surface area (Å²) in [4.78, 5) is 0. The van der Waals surface area contributed by atoms with Crippen molar-refractivity contribution < 1.29 is 9.13 Å². The summed E-state index contributed by atoms with van der Waals surface area (Å²) in [5.74, 6) is 0.633. The van der Waals surface area contributed by atoms with Crippen molar-refractivity contribution in [1.29, 1.82) is 0 Å². The molecule has 2 aromatic rings. The third kappa shape index (κ3) is 3.17. The Balaban J connectivity index is 2.17. The molecule has 2 aromatic carbocycles. The smallest absolute Gasteiger partial charge is 0.127 e. The summed E-state index contributed by atoms with van der Waals surface area (Å²) in [7, 11) is 0. The molecule has 0 atom stereocenters. The highest BCUT2D eigenvalue weighted by Gasteiger charge is 2.07. The second-order valence-corrected chi connectivity index (χ2v) is 5.15. The van der Waals surface area contributed by atoms with Crippen LogP contribution in [0.5, 0.6) is 5.75 Å². The van der Waals surface area contributed by atoms with Gasteiger partial charge in [0.25, 0.3) is 0 Å². The van der Waals surface area contributed by atoms with E-state index in [1.54, 1.807) is 12.1 Å². The van der Waals surface area contributed by atoms with Crippen LogP contribution < -0.4 is 10.5 Å². The van der Waals surface area contributed by atoms with Crippen molar-refractivity contribution in [2.45, 2.75) is 33.9 Å². The molecule has 20 heavy (non-hydrogen) atoms. The predicted molar refractivity (Wildman–Crippen MR) is 79.3 cm³/mol. The Morgan fingerprint density at radius 3 is 2.30 bits per heavy atom. The lowest BCUT2D eigenvalue weighted by atomic mass is 10.1. The molecule has 0 fully saturated rings. The fourth-order valence-electron chi connectivity index (χ4n) is 2.42. The first-order valence-electron chi connectivity index (χ1n) is 6.69. The first kappa shape index (κ1) is 14.5. The molecule has 106 valence electrons. The Morgan fingerprint density at radius 1 is 1.05 bits per heavy atom. The summed E-state index contributed by atoms with van der Waals surface area (Å²) < 4.78 is 19.3. The average molecular weight is 273 g/mol. The van der Waals surface area contributed by atoms with Crippen molar-refractivity contribution in [3.05, 3.63) is 64.0 Å². The van der Waals surface area contributed by atoms with Crippen molar-refractivity contribution in [3.63, 3.8) is 0 Å². The van der Waals surface area contributed by atoms with Crippen LogP contribution >= 0.6 is 0 Å². The first-order valence-corrected chi connectivity index (χ1v) is 6.69. The van der Waals surface area contributed by atoms with Gasteiger partial charge >= 0.3 is 0 Å². The quantitative estimate of drug-likeness (QED) is 0.920. The zero-order valence-corrected chi connectivity index (χ0v) is 12.2. The maximum atomic E-state index is 13.4. The number of ether oxygens (including phenoxy) is 1. The summed E-state index contributed by atoms with van der Waals surface area (Å²) in [6.07, 6.45) is 0. The third-order valence-electron chi connectivity index (χ3n) is 3.32. The molecule has 0 bridgehead atoms. The van der Waals surface area contributed by atoms with Crippen LogP contribution in [0.3, 0.4) is 0 Å². The fourth-order valence-corrected chi connectivity index (χ4v) is 2.42. The minimum Gasteiger partial charge on any atom is -0.488 e. The van der Waals surface area contributed by atoms with Crippen LogP contribution in [0.15, 0.2) is 30.3 Å². The zero-order valence-electron chi connectivity index (χ0n) is 12.2. The molecule has 0 aliphatic heterocycles. The lowest BCUT2D eigenvalue weighted by Gasteiger charge is -2.13. The number of hydrogen-bond acceptors (Lipinski definition) is 2. The van der Waals surface area contributed by atoms with Gasteiger partial charge < -0.3 is 10.5 Å². The van der Waals surface area contributed by atoms with Crippen LogP contribution in [0.2, 0.25) is 0 Å². The average Bonchev–Trinajstić information content (AvgIpc) is 2.39. The molecule has 0 saturated heterocycles. The molecule has 2 rings (SSSR count). The molecule has 0 amide bonds. The molecule has 0 unspecified atom stereocenters. The predicted octanol–water partition coefficient (Wildman–Crippen LogP) is 3.79. The van der Waals surface area contributed by atoms with Crippen LogP contribution in [0.25, 0.3) is 0 Å². The maximum absolute atomic E-state index is 13.4. The Kier molecular flexibility index (Phi) is 4.40. The van der Waals surface area contributed by atoms with Gasteiger partial charge in [0.1, 0.15) is 18.2 Å². The van der Waals surface area contributed by atoms with E-state index >= 15 is 0 Å². The van der Waals surface area contributed by atoms with Gasteiger partial charge in [-0.1, -0.05) is 23.8 Å². The molecule has 0 aliphatic carbocycles. The van der Waals surface area contributed by atoms with E-state index in [2.05, 4.69) is 19.1 Å². The van der Waals surface area contributed by atoms with Crippen molar-refractivity contribution in [2.75, 3.05) is 0 Å². The third-order valence-corrected chi connectivity index (χ3v) is 3.32. The second kappa shape index (κ2) is 6.06. The highest BCUT2D eigenvalue weighted by Crippen LogP contribution is 2.25. The number of rotatable bonds is 4.